The fourth-order valence-corrected chi connectivity index (χ4v) is 2.24. The Kier molecular flexibility index (Phi) is 6.14. The lowest BCUT2D eigenvalue weighted by atomic mass is 10.0. The number of ether oxygens (including phenoxy) is 1. The van der Waals surface area contributed by atoms with Gasteiger partial charge in [0.05, 0.1) is 17.1 Å². The molecular formula is C14H19BrN2O4. The van der Waals surface area contributed by atoms with E-state index in [4.69, 9.17) is 4.74 Å². The van der Waals surface area contributed by atoms with E-state index < -0.39 is 10.5 Å². The second kappa shape index (κ2) is 7.40. The molecule has 0 spiro atoms. The van der Waals surface area contributed by atoms with Crippen LogP contribution in [0.25, 0.3) is 0 Å². The van der Waals surface area contributed by atoms with Crippen LogP contribution in [0.2, 0.25) is 0 Å². The molecule has 1 amide bonds. The van der Waals surface area contributed by atoms with E-state index >= 15 is 0 Å². The number of alkyl halides is 1. The lowest BCUT2D eigenvalue weighted by Crippen LogP contribution is -2.47. The van der Waals surface area contributed by atoms with Crippen LogP contribution in [0.15, 0.2) is 18.2 Å². The maximum absolute atomic E-state index is 12.4. The van der Waals surface area contributed by atoms with Crippen molar-refractivity contribution >= 4 is 27.5 Å². The number of rotatable bonds is 7. The standard InChI is InChI=1S/C14H19BrN2O4/c1-4-14(3,9-15)16-13(18)10-7-6-8-11(17(19)20)12(10)21-5-2/h6-8H,4-5,9H2,1-3H3,(H,16,18). The van der Waals surface area contributed by atoms with Crippen LogP contribution < -0.4 is 10.1 Å². The molecule has 1 N–H and O–H groups in total. The maximum atomic E-state index is 12.4. The van der Waals surface area contributed by atoms with Gasteiger partial charge in [-0.25, -0.2) is 0 Å². The summed E-state index contributed by atoms with van der Waals surface area (Å²) in [6.07, 6.45) is 0.725. The number of benzene rings is 1. The maximum Gasteiger partial charge on any atom is 0.311 e. The molecule has 6 nitrogen and oxygen atoms in total. The molecule has 0 saturated carbocycles. The van der Waals surface area contributed by atoms with Crippen molar-refractivity contribution in [2.24, 2.45) is 0 Å². The molecule has 0 aliphatic rings. The highest BCUT2D eigenvalue weighted by atomic mass is 79.9. The molecule has 1 rings (SSSR count). The zero-order chi connectivity index (χ0) is 16.0. The Hall–Kier alpha value is -1.63. The molecule has 116 valence electrons. The number of nitro benzene ring substituents is 1. The van der Waals surface area contributed by atoms with Gasteiger partial charge >= 0.3 is 5.69 Å². The van der Waals surface area contributed by atoms with Gasteiger partial charge in [0.25, 0.3) is 5.91 Å². The van der Waals surface area contributed by atoms with E-state index in [9.17, 15) is 14.9 Å². The van der Waals surface area contributed by atoms with E-state index in [0.717, 1.165) is 6.42 Å². The summed E-state index contributed by atoms with van der Waals surface area (Å²) in [5.41, 5.74) is -0.459. The van der Waals surface area contributed by atoms with Crippen LogP contribution in [0.3, 0.4) is 0 Å². The average Bonchev–Trinajstić information content (AvgIpc) is 2.47. The molecule has 0 aliphatic heterocycles. The Morgan fingerprint density at radius 2 is 2.14 bits per heavy atom. The second-order valence-corrected chi connectivity index (χ2v) is 5.41. The molecule has 1 unspecified atom stereocenters. The van der Waals surface area contributed by atoms with Gasteiger partial charge in [0.1, 0.15) is 0 Å². The van der Waals surface area contributed by atoms with E-state index in [1.807, 2.05) is 13.8 Å². The van der Waals surface area contributed by atoms with E-state index in [0.29, 0.717) is 5.33 Å². The van der Waals surface area contributed by atoms with Crippen molar-refractivity contribution in [2.75, 3.05) is 11.9 Å². The molecule has 7 heteroatoms. The fourth-order valence-electron chi connectivity index (χ4n) is 1.70. The summed E-state index contributed by atoms with van der Waals surface area (Å²) in [6, 6.07) is 4.33. The average molecular weight is 359 g/mol. The molecule has 0 aromatic heterocycles. The van der Waals surface area contributed by atoms with Crippen molar-refractivity contribution in [2.45, 2.75) is 32.7 Å². The van der Waals surface area contributed by atoms with Crippen molar-refractivity contribution in [3.63, 3.8) is 0 Å². The lowest BCUT2D eigenvalue weighted by molar-refractivity contribution is -0.385. The highest BCUT2D eigenvalue weighted by molar-refractivity contribution is 9.09. The Bertz CT molecular complexity index is 530. The van der Waals surface area contributed by atoms with Gasteiger partial charge in [-0.2, -0.15) is 0 Å². The number of nitro groups is 1. The van der Waals surface area contributed by atoms with Gasteiger partial charge < -0.3 is 10.1 Å². The van der Waals surface area contributed by atoms with Gasteiger partial charge in [-0.15, -0.1) is 0 Å². The first kappa shape index (κ1) is 17.4. The molecular weight excluding hydrogens is 340 g/mol. The van der Waals surface area contributed by atoms with Crippen LogP contribution >= 0.6 is 15.9 Å². The first-order valence-corrected chi connectivity index (χ1v) is 7.79. The number of carbonyl (C=O) groups excluding carboxylic acids is 1. The van der Waals surface area contributed by atoms with E-state index in [1.165, 1.54) is 18.2 Å². The number of amides is 1. The summed E-state index contributed by atoms with van der Waals surface area (Å²) in [7, 11) is 0. The van der Waals surface area contributed by atoms with Crippen molar-refractivity contribution < 1.29 is 14.5 Å². The Balaban J connectivity index is 3.20. The minimum Gasteiger partial charge on any atom is -0.487 e. The third-order valence-electron chi connectivity index (χ3n) is 3.21. The predicted molar refractivity (Wildman–Crippen MR) is 84.2 cm³/mol. The lowest BCUT2D eigenvalue weighted by Gasteiger charge is -2.27. The van der Waals surface area contributed by atoms with Crippen LogP contribution in [0.4, 0.5) is 5.69 Å². The highest BCUT2D eigenvalue weighted by Gasteiger charge is 2.28. The molecule has 0 heterocycles. The summed E-state index contributed by atoms with van der Waals surface area (Å²) in [6.45, 7) is 5.82. The van der Waals surface area contributed by atoms with Crippen molar-refractivity contribution in [1.29, 1.82) is 0 Å². The number of para-hydroxylation sites is 1. The molecule has 0 radical (unpaired) electrons. The normalized spacial score (nSPS) is 13.3. The number of hydrogen-bond donors (Lipinski definition) is 1. The van der Waals surface area contributed by atoms with Crippen LogP contribution in [-0.2, 0) is 0 Å². The van der Waals surface area contributed by atoms with Gasteiger partial charge in [0, 0.05) is 16.9 Å². The Labute approximate surface area is 132 Å². The summed E-state index contributed by atoms with van der Waals surface area (Å²) in [5, 5.41) is 14.5. The van der Waals surface area contributed by atoms with Crippen molar-refractivity contribution in [3.05, 3.63) is 33.9 Å². The molecule has 21 heavy (non-hydrogen) atoms. The van der Waals surface area contributed by atoms with Crippen LogP contribution in [-0.4, -0.2) is 28.3 Å². The number of carbonyl (C=O) groups is 1. The zero-order valence-corrected chi connectivity index (χ0v) is 13.9. The summed E-state index contributed by atoms with van der Waals surface area (Å²) in [4.78, 5) is 22.9. The van der Waals surface area contributed by atoms with E-state index in [1.54, 1.807) is 6.92 Å². The summed E-state index contributed by atoms with van der Waals surface area (Å²) >= 11 is 3.37. The molecule has 1 aromatic carbocycles. The van der Waals surface area contributed by atoms with Crippen LogP contribution in [0.1, 0.15) is 37.6 Å². The topological polar surface area (TPSA) is 81.5 Å². The van der Waals surface area contributed by atoms with Crippen molar-refractivity contribution in [3.8, 4) is 5.75 Å². The third-order valence-corrected chi connectivity index (χ3v) is 4.45. The summed E-state index contributed by atoms with van der Waals surface area (Å²) < 4.78 is 5.32. The number of hydrogen-bond acceptors (Lipinski definition) is 4. The van der Waals surface area contributed by atoms with Gasteiger partial charge in [0.2, 0.25) is 5.75 Å². The second-order valence-electron chi connectivity index (χ2n) is 4.85. The SMILES string of the molecule is CCOc1c(C(=O)NC(C)(CC)CBr)cccc1[N+](=O)[O-]. The third kappa shape index (κ3) is 4.17. The molecule has 1 aromatic rings. The minimum atomic E-state index is -0.550. The smallest absolute Gasteiger partial charge is 0.311 e. The van der Waals surface area contributed by atoms with Gasteiger partial charge in [-0.05, 0) is 26.3 Å². The molecule has 0 bridgehead atoms. The summed E-state index contributed by atoms with van der Waals surface area (Å²) in [5.74, 6) is -0.374. The molecule has 0 aliphatic carbocycles. The van der Waals surface area contributed by atoms with E-state index in [-0.39, 0.29) is 29.5 Å². The minimum absolute atomic E-state index is 0.00975. The van der Waals surface area contributed by atoms with E-state index in [2.05, 4.69) is 21.2 Å². The number of nitrogens with zero attached hydrogens (tertiary/aromatic N) is 1. The van der Waals surface area contributed by atoms with Gasteiger partial charge in [0.15, 0.2) is 0 Å². The highest BCUT2D eigenvalue weighted by Crippen LogP contribution is 2.31. The monoisotopic (exact) mass is 358 g/mol. The van der Waals surface area contributed by atoms with Crippen LogP contribution in [0, 0.1) is 10.1 Å². The quantitative estimate of drug-likeness (QED) is 0.460. The largest absolute Gasteiger partial charge is 0.487 e. The first-order valence-electron chi connectivity index (χ1n) is 6.67. The van der Waals surface area contributed by atoms with Gasteiger partial charge in [-0.3, -0.25) is 14.9 Å². The predicted octanol–water partition coefficient (Wildman–Crippen LogP) is 3.29. The fraction of sp³-hybridized carbons (Fsp3) is 0.500. The van der Waals surface area contributed by atoms with Crippen molar-refractivity contribution in [1.82, 2.24) is 5.32 Å². The first-order chi connectivity index (χ1) is 9.88. The molecule has 0 saturated heterocycles. The number of nitrogens with one attached hydrogen (secondary N) is 1. The van der Waals surface area contributed by atoms with Gasteiger partial charge in [-0.1, -0.05) is 28.9 Å². The Morgan fingerprint density at radius 1 is 1.48 bits per heavy atom. The molecule has 0 fully saturated rings. The van der Waals surface area contributed by atoms with Crippen LogP contribution in [0.5, 0.6) is 5.75 Å². The number of halogens is 1. The zero-order valence-electron chi connectivity index (χ0n) is 12.3. The molecule has 1 atom stereocenters. The Morgan fingerprint density at radius 3 is 2.62 bits per heavy atom.